The third-order valence-electron chi connectivity index (χ3n) is 1.96. The van der Waals surface area contributed by atoms with E-state index in [0.29, 0.717) is 11.4 Å². The molecule has 6 heteroatoms. The molecule has 0 radical (unpaired) electrons. The first-order chi connectivity index (χ1) is 7.66. The molecule has 0 bridgehead atoms. The first kappa shape index (κ1) is 10.8. The van der Waals surface area contributed by atoms with E-state index in [1.807, 2.05) is 12.1 Å². The molecule has 1 heterocycles. The number of aromatic nitrogens is 3. The average molecular weight is 281 g/mol. The monoisotopic (exact) mass is 280 g/mol. The fourth-order valence-electron chi connectivity index (χ4n) is 1.23. The van der Waals surface area contributed by atoms with E-state index < -0.39 is 0 Å². The van der Waals surface area contributed by atoms with Gasteiger partial charge in [-0.2, -0.15) is 9.90 Å². The molecular formula is C10H9BrN4O. The molecule has 2 rings (SSSR count). The number of amides is 1. The molecule has 0 aliphatic carbocycles. The van der Waals surface area contributed by atoms with E-state index in [-0.39, 0.29) is 5.91 Å². The Labute approximate surface area is 101 Å². The third kappa shape index (κ3) is 2.27. The van der Waals surface area contributed by atoms with Gasteiger partial charge in [-0.05, 0) is 28.1 Å². The Morgan fingerprint density at radius 3 is 2.81 bits per heavy atom. The summed E-state index contributed by atoms with van der Waals surface area (Å²) in [5.74, 6) is 0.219. The molecule has 2 aromatic rings. The van der Waals surface area contributed by atoms with Crippen LogP contribution < -0.4 is 5.32 Å². The summed E-state index contributed by atoms with van der Waals surface area (Å²) < 4.78 is 0.747. The SMILES string of the molecule is Cn1ncc(NC(=O)c2ccccc2Br)n1. The van der Waals surface area contributed by atoms with E-state index in [4.69, 9.17) is 0 Å². The Morgan fingerprint density at radius 1 is 1.44 bits per heavy atom. The number of nitrogens with zero attached hydrogens (tertiary/aromatic N) is 3. The van der Waals surface area contributed by atoms with E-state index in [1.54, 1.807) is 19.2 Å². The van der Waals surface area contributed by atoms with Gasteiger partial charge in [-0.25, -0.2) is 0 Å². The summed E-state index contributed by atoms with van der Waals surface area (Å²) in [6.45, 7) is 0. The molecule has 0 spiro atoms. The van der Waals surface area contributed by atoms with Gasteiger partial charge < -0.3 is 5.32 Å². The van der Waals surface area contributed by atoms with E-state index in [9.17, 15) is 4.79 Å². The van der Waals surface area contributed by atoms with Crippen molar-refractivity contribution in [1.29, 1.82) is 0 Å². The summed E-state index contributed by atoms with van der Waals surface area (Å²) in [6, 6.07) is 7.20. The van der Waals surface area contributed by atoms with Gasteiger partial charge in [0.2, 0.25) is 0 Å². The van der Waals surface area contributed by atoms with Crippen molar-refractivity contribution >= 4 is 27.7 Å². The summed E-state index contributed by atoms with van der Waals surface area (Å²) in [4.78, 5) is 13.2. The molecule has 0 saturated heterocycles. The van der Waals surface area contributed by atoms with Gasteiger partial charge in [0, 0.05) is 11.5 Å². The molecule has 0 atom stereocenters. The first-order valence-corrected chi connectivity index (χ1v) is 5.38. The zero-order valence-electron chi connectivity index (χ0n) is 8.51. The summed E-state index contributed by atoms with van der Waals surface area (Å²) >= 11 is 3.31. The molecule has 0 fully saturated rings. The highest BCUT2D eigenvalue weighted by Crippen LogP contribution is 2.16. The number of anilines is 1. The summed E-state index contributed by atoms with van der Waals surface area (Å²) in [5.41, 5.74) is 0.563. The lowest BCUT2D eigenvalue weighted by molar-refractivity contribution is 0.102. The number of rotatable bonds is 2. The fourth-order valence-corrected chi connectivity index (χ4v) is 1.70. The van der Waals surface area contributed by atoms with Crippen molar-refractivity contribution in [2.24, 2.45) is 7.05 Å². The highest BCUT2D eigenvalue weighted by atomic mass is 79.9. The van der Waals surface area contributed by atoms with E-state index in [2.05, 4.69) is 31.4 Å². The highest BCUT2D eigenvalue weighted by molar-refractivity contribution is 9.10. The van der Waals surface area contributed by atoms with Crippen LogP contribution in [0.1, 0.15) is 10.4 Å². The minimum absolute atomic E-state index is 0.215. The number of halogens is 1. The number of hydrogen-bond acceptors (Lipinski definition) is 3. The van der Waals surface area contributed by atoms with Gasteiger partial charge in [-0.15, -0.1) is 5.10 Å². The minimum atomic E-state index is -0.215. The van der Waals surface area contributed by atoms with Crippen LogP contribution >= 0.6 is 15.9 Å². The van der Waals surface area contributed by atoms with Crippen LogP contribution in [0.15, 0.2) is 34.9 Å². The lowest BCUT2D eigenvalue weighted by Crippen LogP contribution is -2.13. The van der Waals surface area contributed by atoms with Crippen LogP contribution in [0.3, 0.4) is 0 Å². The second-order valence-corrected chi connectivity index (χ2v) is 4.01. The molecule has 0 unspecified atom stereocenters. The van der Waals surface area contributed by atoms with Gasteiger partial charge in [-0.1, -0.05) is 12.1 Å². The largest absolute Gasteiger partial charge is 0.304 e. The molecule has 0 saturated carbocycles. The maximum Gasteiger partial charge on any atom is 0.258 e. The Balaban J connectivity index is 2.18. The molecule has 1 N–H and O–H groups in total. The maximum absolute atomic E-state index is 11.8. The van der Waals surface area contributed by atoms with Gasteiger partial charge in [0.15, 0.2) is 5.82 Å². The lowest BCUT2D eigenvalue weighted by Gasteiger charge is -2.03. The van der Waals surface area contributed by atoms with Gasteiger partial charge in [-0.3, -0.25) is 4.79 Å². The Kier molecular flexibility index (Phi) is 3.00. The maximum atomic E-state index is 11.8. The van der Waals surface area contributed by atoms with Crippen molar-refractivity contribution in [1.82, 2.24) is 15.0 Å². The second-order valence-electron chi connectivity index (χ2n) is 3.15. The molecule has 1 aromatic carbocycles. The average Bonchev–Trinajstić information content (AvgIpc) is 2.64. The first-order valence-electron chi connectivity index (χ1n) is 4.59. The van der Waals surface area contributed by atoms with E-state index >= 15 is 0 Å². The van der Waals surface area contributed by atoms with Crippen LogP contribution in [0.4, 0.5) is 5.82 Å². The molecule has 1 aromatic heterocycles. The fraction of sp³-hybridized carbons (Fsp3) is 0.100. The summed E-state index contributed by atoms with van der Waals surface area (Å²) in [6.07, 6.45) is 1.49. The van der Waals surface area contributed by atoms with E-state index in [0.717, 1.165) is 4.47 Å². The molecular weight excluding hydrogens is 272 g/mol. The van der Waals surface area contributed by atoms with Crippen LogP contribution in [0.25, 0.3) is 0 Å². The third-order valence-corrected chi connectivity index (χ3v) is 2.65. The lowest BCUT2D eigenvalue weighted by atomic mass is 10.2. The highest BCUT2D eigenvalue weighted by Gasteiger charge is 2.10. The van der Waals surface area contributed by atoms with Crippen LogP contribution in [0, 0.1) is 0 Å². The molecule has 0 aliphatic heterocycles. The summed E-state index contributed by atoms with van der Waals surface area (Å²) in [7, 11) is 1.69. The number of nitrogens with one attached hydrogen (secondary N) is 1. The standard InChI is InChI=1S/C10H9BrN4O/c1-15-12-6-9(14-15)13-10(16)7-4-2-3-5-8(7)11/h2-6H,1H3,(H,13,14,16). The molecule has 16 heavy (non-hydrogen) atoms. The number of benzene rings is 1. The number of carbonyl (C=O) groups excluding carboxylic acids is 1. The number of hydrogen-bond donors (Lipinski definition) is 1. The van der Waals surface area contributed by atoms with Crippen LogP contribution in [0.2, 0.25) is 0 Å². The van der Waals surface area contributed by atoms with Crippen molar-refractivity contribution in [2.45, 2.75) is 0 Å². The zero-order chi connectivity index (χ0) is 11.5. The van der Waals surface area contributed by atoms with Crippen molar-refractivity contribution < 1.29 is 4.79 Å². The number of aryl methyl sites for hydroxylation is 1. The molecule has 0 aliphatic rings. The van der Waals surface area contributed by atoms with Crippen LogP contribution in [-0.2, 0) is 7.05 Å². The van der Waals surface area contributed by atoms with Crippen LogP contribution in [-0.4, -0.2) is 20.9 Å². The second kappa shape index (κ2) is 4.44. The normalized spacial score (nSPS) is 10.1. The Morgan fingerprint density at radius 2 is 2.19 bits per heavy atom. The molecule has 5 nitrogen and oxygen atoms in total. The smallest absolute Gasteiger partial charge is 0.258 e. The van der Waals surface area contributed by atoms with Crippen molar-refractivity contribution in [3.05, 3.63) is 40.5 Å². The van der Waals surface area contributed by atoms with Crippen molar-refractivity contribution in [2.75, 3.05) is 5.32 Å². The zero-order valence-corrected chi connectivity index (χ0v) is 10.1. The Bertz CT molecular complexity index is 523. The van der Waals surface area contributed by atoms with Gasteiger partial charge in [0.25, 0.3) is 5.91 Å². The van der Waals surface area contributed by atoms with E-state index in [1.165, 1.54) is 11.0 Å². The Hall–Kier alpha value is -1.69. The van der Waals surface area contributed by atoms with Crippen molar-refractivity contribution in [3.63, 3.8) is 0 Å². The van der Waals surface area contributed by atoms with Crippen molar-refractivity contribution in [3.8, 4) is 0 Å². The minimum Gasteiger partial charge on any atom is -0.304 e. The molecule has 82 valence electrons. The topological polar surface area (TPSA) is 59.8 Å². The predicted octanol–water partition coefficient (Wildman–Crippen LogP) is 1.83. The predicted molar refractivity (Wildman–Crippen MR) is 63.1 cm³/mol. The van der Waals surface area contributed by atoms with Gasteiger partial charge >= 0.3 is 0 Å². The van der Waals surface area contributed by atoms with Crippen LogP contribution in [0.5, 0.6) is 0 Å². The quantitative estimate of drug-likeness (QED) is 0.913. The number of carbonyl (C=O) groups is 1. The summed E-state index contributed by atoms with van der Waals surface area (Å²) in [5, 5.41) is 10.5. The van der Waals surface area contributed by atoms with Gasteiger partial charge in [0.1, 0.15) is 0 Å². The van der Waals surface area contributed by atoms with Gasteiger partial charge in [0.05, 0.1) is 11.8 Å². The molecule has 1 amide bonds.